The molecule has 1 unspecified atom stereocenters. The van der Waals surface area contributed by atoms with Gasteiger partial charge in [-0.2, -0.15) is 0 Å². The number of methoxy groups -OCH3 is 2. The van der Waals surface area contributed by atoms with Gasteiger partial charge in [0.2, 0.25) is 11.8 Å². The van der Waals surface area contributed by atoms with Crippen LogP contribution in [-0.2, 0) is 24.7 Å². The predicted octanol–water partition coefficient (Wildman–Crippen LogP) is 12.6. The van der Waals surface area contributed by atoms with Gasteiger partial charge < -0.3 is 40.2 Å². The van der Waals surface area contributed by atoms with Crippen LogP contribution in [0.2, 0.25) is 0 Å². The third-order valence-corrected chi connectivity index (χ3v) is 15.3. The fraction of sp³-hybridized carbons (Fsp3) is 0.183. The minimum Gasteiger partial charge on any atom is -0.497 e. The predicted molar refractivity (Wildman–Crippen MR) is 322 cm³/mol. The summed E-state index contributed by atoms with van der Waals surface area (Å²) in [4.78, 5) is 57.9. The van der Waals surface area contributed by atoms with Crippen LogP contribution in [-0.4, -0.2) is 57.3 Å². The smallest absolute Gasteiger partial charge is 0.407 e. The maximum atomic E-state index is 15.2. The summed E-state index contributed by atoms with van der Waals surface area (Å²) < 4.78 is 23.6. The van der Waals surface area contributed by atoms with E-state index < -0.39 is 35.7 Å². The van der Waals surface area contributed by atoms with E-state index in [0.29, 0.717) is 28.4 Å². The average molecular weight is 1100 g/mol. The fourth-order valence-electron chi connectivity index (χ4n) is 11.0. The summed E-state index contributed by atoms with van der Waals surface area (Å²) in [7, 11) is 3.08. The van der Waals surface area contributed by atoms with Crippen molar-refractivity contribution in [3.8, 4) is 28.4 Å². The molecule has 1 aliphatic carbocycles. The van der Waals surface area contributed by atoms with Crippen molar-refractivity contribution in [1.29, 1.82) is 0 Å². The van der Waals surface area contributed by atoms with Crippen LogP contribution in [0.25, 0.3) is 11.1 Å². The molecule has 2 atom stereocenters. The second kappa shape index (κ2) is 26.1. The molecular formula is C71H66N4O8. The van der Waals surface area contributed by atoms with Crippen molar-refractivity contribution in [2.45, 2.75) is 56.3 Å². The van der Waals surface area contributed by atoms with Gasteiger partial charge in [-0.1, -0.05) is 211 Å². The van der Waals surface area contributed by atoms with Crippen LogP contribution in [0, 0.1) is 13.8 Å². The summed E-state index contributed by atoms with van der Waals surface area (Å²) in [6, 6.07) is 71.3. The number of benzene rings is 9. The zero-order valence-electron chi connectivity index (χ0n) is 46.8. The quantitative estimate of drug-likeness (QED) is 0.0489. The number of amides is 4. The van der Waals surface area contributed by atoms with Crippen LogP contribution < -0.4 is 35.5 Å². The van der Waals surface area contributed by atoms with Crippen LogP contribution >= 0.6 is 0 Å². The molecule has 12 heteroatoms. The standard InChI is InChI=1S/C71H66N4O8/c1-47-28-32-49(33-29-47)67(50-34-30-48(2)31-35-50)73-66(77)46-82-55-38-36-51(37-39-55)68(61-41-40-56(80-3)44-64(61)81-4)74-69(78)63(72-70(79)83-45-62-59-26-16-14-24-57(59)58-25-15-17-27-60(58)62)42-43-65(76)75-71(52-18-8-5-9-19-52,53-20-10-6-11-21-53)54-22-12-7-13-23-54/h5-41,44,62-63,67-68H,42-43,45-46H2,1-4H3,(H,72,79)(H,73,77)(H,74,78)(H,75,76)/t63-,68?/m1/s1. The number of carbonyl (C=O) groups is 4. The largest absolute Gasteiger partial charge is 0.497 e. The lowest BCUT2D eigenvalue weighted by Gasteiger charge is -2.37. The molecular weight excluding hydrogens is 1040 g/mol. The van der Waals surface area contributed by atoms with Crippen LogP contribution in [0.5, 0.6) is 17.2 Å². The highest BCUT2D eigenvalue weighted by atomic mass is 16.5. The van der Waals surface area contributed by atoms with E-state index in [1.807, 2.05) is 190 Å². The Morgan fingerprint density at radius 3 is 1.49 bits per heavy atom. The van der Waals surface area contributed by atoms with Crippen molar-refractivity contribution >= 4 is 23.8 Å². The number of alkyl carbamates (subject to hydrolysis) is 1. The zero-order valence-corrected chi connectivity index (χ0v) is 46.8. The van der Waals surface area contributed by atoms with E-state index in [2.05, 4.69) is 33.4 Å². The molecule has 1 aliphatic rings. The Labute approximate surface area is 484 Å². The molecule has 4 amide bonds. The summed E-state index contributed by atoms with van der Waals surface area (Å²) in [6.07, 6.45) is -1.12. The van der Waals surface area contributed by atoms with Gasteiger partial charge in [-0.15, -0.1) is 0 Å². The Hall–Kier alpha value is -9.94. The van der Waals surface area contributed by atoms with Gasteiger partial charge in [0.1, 0.15) is 35.4 Å². The van der Waals surface area contributed by atoms with Gasteiger partial charge in [-0.05, 0) is 100 Å². The SMILES string of the molecule is COc1ccc(C(NC(=O)[C@@H](CCC(=O)NC(c2ccccc2)(c2ccccc2)c2ccccc2)NC(=O)OCC2c3ccccc3-c3ccccc32)c2ccc(OCC(=O)NC(c3ccc(C)cc3)c3ccc(C)cc3)cc2)c(OC)c1. The van der Waals surface area contributed by atoms with Crippen molar-refractivity contribution in [2.24, 2.45) is 0 Å². The molecule has 83 heavy (non-hydrogen) atoms. The lowest BCUT2D eigenvalue weighted by molar-refractivity contribution is -0.125. The summed E-state index contributed by atoms with van der Waals surface area (Å²) in [6.45, 7) is 3.79. The number of hydrogen-bond acceptors (Lipinski definition) is 8. The molecule has 9 aromatic carbocycles. The van der Waals surface area contributed by atoms with Gasteiger partial charge in [0.15, 0.2) is 6.61 Å². The topological polar surface area (TPSA) is 153 Å². The second-order valence-corrected chi connectivity index (χ2v) is 20.7. The zero-order chi connectivity index (χ0) is 57.7. The number of hydrogen-bond donors (Lipinski definition) is 4. The first kappa shape index (κ1) is 56.3. The van der Waals surface area contributed by atoms with Gasteiger partial charge in [0.05, 0.1) is 26.3 Å². The number of fused-ring (bicyclic) bond motifs is 3. The van der Waals surface area contributed by atoms with Crippen molar-refractivity contribution in [1.82, 2.24) is 21.3 Å². The van der Waals surface area contributed by atoms with Crippen LogP contribution in [0.3, 0.4) is 0 Å². The van der Waals surface area contributed by atoms with Crippen molar-refractivity contribution in [3.05, 3.63) is 292 Å². The number of aryl methyl sites for hydroxylation is 2. The third-order valence-electron chi connectivity index (χ3n) is 15.3. The molecule has 12 nitrogen and oxygen atoms in total. The Balaban J connectivity index is 0.921. The summed E-state index contributed by atoms with van der Waals surface area (Å²) >= 11 is 0. The van der Waals surface area contributed by atoms with Crippen LogP contribution in [0.4, 0.5) is 4.79 Å². The average Bonchev–Trinajstić information content (AvgIpc) is 4.02. The van der Waals surface area contributed by atoms with Crippen molar-refractivity contribution < 1.29 is 38.1 Å². The molecule has 0 aliphatic heterocycles. The van der Waals surface area contributed by atoms with E-state index >= 15 is 4.79 Å². The molecule has 0 saturated carbocycles. The Kier molecular flexibility index (Phi) is 17.7. The lowest BCUT2D eigenvalue weighted by atomic mass is 9.77. The first-order valence-corrected chi connectivity index (χ1v) is 27.8. The molecule has 0 aromatic heterocycles. The Bertz CT molecular complexity index is 3480. The summed E-state index contributed by atoms with van der Waals surface area (Å²) in [5.74, 6) is -0.156. The first-order chi connectivity index (χ1) is 40.5. The number of carbonyl (C=O) groups excluding carboxylic acids is 4. The Morgan fingerprint density at radius 1 is 0.494 bits per heavy atom. The maximum absolute atomic E-state index is 15.2. The normalized spacial score (nSPS) is 12.4. The van der Waals surface area contributed by atoms with E-state index in [-0.39, 0.29) is 43.8 Å². The van der Waals surface area contributed by atoms with Gasteiger partial charge >= 0.3 is 6.09 Å². The summed E-state index contributed by atoms with van der Waals surface area (Å²) in [5.41, 5.74) is 10.9. The van der Waals surface area contributed by atoms with Crippen LogP contribution in [0.15, 0.2) is 231 Å². The van der Waals surface area contributed by atoms with Crippen LogP contribution in [0.1, 0.15) is 92.0 Å². The monoisotopic (exact) mass is 1100 g/mol. The van der Waals surface area contributed by atoms with E-state index in [1.54, 1.807) is 49.6 Å². The van der Waals surface area contributed by atoms with E-state index in [9.17, 15) is 14.4 Å². The highest BCUT2D eigenvalue weighted by Gasteiger charge is 2.39. The van der Waals surface area contributed by atoms with Gasteiger partial charge in [0, 0.05) is 24.0 Å². The number of nitrogens with one attached hydrogen (secondary N) is 4. The van der Waals surface area contributed by atoms with Gasteiger partial charge in [0.25, 0.3) is 5.91 Å². The van der Waals surface area contributed by atoms with Gasteiger partial charge in [-0.25, -0.2) is 4.79 Å². The minimum absolute atomic E-state index is 0.00422. The molecule has 0 saturated heterocycles. The fourth-order valence-corrected chi connectivity index (χ4v) is 11.0. The second-order valence-electron chi connectivity index (χ2n) is 20.7. The Morgan fingerprint density at radius 2 is 0.976 bits per heavy atom. The molecule has 0 heterocycles. The number of ether oxygens (including phenoxy) is 4. The molecule has 0 fully saturated rings. The van der Waals surface area contributed by atoms with Gasteiger partial charge in [-0.3, -0.25) is 14.4 Å². The molecule has 418 valence electrons. The number of rotatable bonds is 22. The third kappa shape index (κ3) is 13.0. The van der Waals surface area contributed by atoms with Crippen molar-refractivity contribution in [3.63, 3.8) is 0 Å². The molecule has 9 aromatic rings. The van der Waals surface area contributed by atoms with Crippen molar-refractivity contribution in [2.75, 3.05) is 27.4 Å². The highest BCUT2D eigenvalue weighted by molar-refractivity contribution is 5.88. The molecule has 0 spiro atoms. The van der Waals surface area contributed by atoms with E-state index in [1.165, 1.54) is 7.11 Å². The molecule has 10 rings (SSSR count). The maximum Gasteiger partial charge on any atom is 0.407 e. The molecule has 0 radical (unpaired) electrons. The molecule has 0 bridgehead atoms. The molecule has 4 N–H and O–H groups in total. The van der Waals surface area contributed by atoms with E-state index in [0.717, 1.165) is 61.2 Å². The van der Waals surface area contributed by atoms with E-state index in [4.69, 9.17) is 18.9 Å². The minimum atomic E-state index is -1.28. The lowest BCUT2D eigenvalue weighted by Crippen LogP contribution is -2.50. The summed E-state index contributed by atoms with van der Waals surface area (Å²) in [5, 5.41) is 12.6. The highest BCUT2D eigenvalue weighted by Crippen LogP contribution is 2.45. The first-order valence-electron chi connectivity index (χ1n) is 27.8.